The van der Waals surface area contributed by atoms with Crippen LogP contribution in [0, 0.1) is 0 Å². The summed E-state index contributed by atoms with van der Waals surface area (Å²) in [6.45, 7) is 7.00. The van der Waals surface area contributed by atoms with E-state index in [0.717, 1.165) is 0 Å². The van der Waals surface area contributed by atoms with Gasteiger partial charge in [0.15, 0.2) is 0 Å². The third-order valence-corrected chi connectivity index (χ3v) is 7.48. The zero-order valence-corrected chi connectivity index (χ0v) is 13.8. The SMILES string of the molecule is CC(C)(C)S(OCCO)(c1ccccc1)c1ccccc1. The van der Waals surface area contributed by atoms with Gasteiger partial charge in [0.25, 0.3) is 0 Å². The summed E-state index contributed by atoms with van der Waals surface area (Å²) in [5.74, 6) is 0. The lowest BCUT2D eigenvalue weighted by Crippen LogP contribution is -2.28. The molecule has 0 bridgehead atoms. The molecule has 114 valence electrons. The van der Waals surface area contributed by atoms with E-state index in [0.29, 0.717) is 6.61 Å². The highest BCUT2D eigenvalue weighted by atomic mass is 32.3. The lowest BCUT2D eigenvalue weighted by Gasteiger charge is -2.50. The maximum atomic E-state index is 9.28. The van der Waals surface area contributed by atoms with Crippen LogP contribution >= 0.6 is 10.3 Å². The third-order valence-electron chi connectivity index (χ3n) is 3.36. The van der Waals surface area contributed by atoms with Gasteiger partial charge in [-0.15, -0.1) is 0 Å². The molecule has 0 aromatic heterocycles. The van der Waals surface area contributed by atoms with Crippen LogP contribution in [-0.4, -0.2) is 23.1 Å². The predicted octanol–water partition coefficient (Wildman–Crippen LogP) is 4.63. The van der Waals surface area contributed by atoms with E-state index in [-0.39, 0.29) is 11.4 Å². The van der Waals surface area contributed by atoms with Crippen LogP contribution in [-0.2, 0) is 4.18 Å². The molecule has 0 spiro atoms. The molecule has 0 heterocycles. The van der Waals surface area contributed by atoms with E-state index in [1.165, 1.54) is 9.79 Å². The van der Waals surface area contributed by atoms with Crippen LogP contribution in [0.5, 0.6) is 0 Å². The second-order valence-corrected chi connectivity index (χ2v) is 9.36. The van der Waals surface area contributed by atoms with Gasteiger partial charge in [0, 0.05) is 14.5 Å². The zero-order chi connectivity index (χ0) is 15.3. The highest BCUT2D eigenvalue weighted by Gasteiger charge is 2.41. The van der Waals surface area contributed by atoms with Crippen molar-refractivity contribution in [3.8, 4) is 0 Å². The van der Waals surface area contributed by atoms with Gasteiger partial charge in [0.1, 0.15) is 0 Å². The fourth-order valence-corrected chi connectivity index (χ4v) is 6.26. The van der Waals surface area contributed by atoms with E-state index in [9.17, 15) is 5.11 Å². The van der Waals surface area contributed by atoms with E-state index in [1.54, 1.807) is 0 Å². The standard InChI is InChI=1S/C18H24O2S/c1-18(2,3)21(20-15-14-19,16-10-6-4-7-11-16)17-12-8-5-9-13-17/h4-13,19H,14-15H2,1-3H3. The van der Waals surface area contributed by atoms with Gasteiger partial charge in [0.05, 0.1) is 13.2 Å². The van der Waals surface area contributed by atoms with Crippen LogP contribution in [0.15, 0.2) is 70.5 Å². The Morgan fingerprint density at radius 1 is 0.857 bits per heavy atom. The Bertz CT molecular complexity index is 507. The molecule has 2 aromatic rings. The quantitative estimate of drug-likeness (QED) is 0.872. The molecule has 0 radical (unpaired) electrons. The number of aliphatic hydroxyl groups is 1. The highest BCUT2D eigenvalue weighted by molar-refractivity contribution is 8.31. The lowest BCUT2D eigenvalue weighted by atomic mass is 10.3. The first-order valence-electron chi connectivity index (χ1n) is 7.21. The summed E-state index contributed by atoms with van der Waals surface area (Å²) in [5.41, 5.74) is 0. The minimum Gasteiger partial charge on any atom is -0.394 e. The molecule has 0 aliphatic rings. The van der Waals surface area contributed by atoms with Crippen molar-refractivity contribution in [3.63, 3.8) is 0 Å². The van der Waals surface area contributed by atoms with Gasteiger partial charge in [-0.05, 0) is 45.0 Å². The van der Waals surface area contributed by atoms with Crippen molar-refractivity contribution in [1.29, 1.82) is 0 Å². The summed E-state index contributed by atoms with van der Waals surface area (Å²) in [7, 11) is -1.69. The summed E-state index contributed by atoms with van der Waals surface area (Å²) in [6, 6.07) is 20.8. The third kappa shape index (κ3) is 3.15. The van der Waals surface area contributed by atoms with Crippen LogP contribution in [0.25, 0.3) is 0 Å². The van der Waals surface area contributed by atoms with Gasteiger partial charge < -0.3 is 9.29 Å². The van der Waals surface area contributed by atoms with Gasteiger partial charge in [-0.2, -0.15) is 0 Å². The minimum absolute atomic E-state index is 0.0322. The van der Waals surface area contributed by atoms with Gasteiger partial charge in [-0.1, -0.05) is 46.7 Å². The lowest BCUT2D eigenvalue weighted by molar-refractivity contribution is 0.212. The maximum absolute atomic E-state index is 9.28. The summed E-state index contributed by atoms with van der Waals surface area (Å²) in [4.78, 5) is 2.38. The van der Waals surface area contributed by atoms with Crippen molar-refractivity contribution in [1.82, 2.24) is 0 Å². The van der Waals surface area contributed by atoms with E-state index < -0.39 is 10.3 Å². The molecule has 0 saturated carbocycles. The molecular weight excluding hydrogens is 280 g/mol. The molecular formula is C18H24O2S. The zero-order valence-electron chi connectivity index (χ0n) is 13.0. The molecule has 1 N–H and O–H groups in total. The summed E-state index contributed by atoms with van der Waals surface area (Å²) >= 11 is 0. The Morgan fingerprint density at radius 3 is 1.62 bits per heavy atom. The molecule has 0 unspecified atom stereocenters. The van der Waals surface area contributed by atoms with Crippen LogP contribution < -0.4 is 0 Å². The van der Waals surface area contributed by atoms with E-state index in [4.69, 9.17) is 4.18 Å². The smallest absolute Gasteiger partial charge is 0.0832 e. The number of benzene rings is 2. The monoisotopic (exact) mass is 304 g/mol. The molecule has 0 aliphatic carbocycles. The van der Waals surface area contributed by atoms with Crippen molar-refractivity contribution < 1.29 is 9.29 Å². The van der Waals surface area contributed by atoms with Crippen LogP contribution in [0.2, 0.25) is 0 Å². The Morgan fingerprint density at radius 2 is 1.29 bits per heavy atom. The van der Waals surface area contributed by atoms with Crippen molar-refractivity contribution in [3.05, 3.63) is 60.7 Å². The average Bonchev–Trinajstić information content (AvgIpc) is 2.49. The van der Waals surface area contributed by atoms with E-state index >= 15 is 0 Å². The molecule has 3 heteroatoms. The Labute approximate surface area is 129 Å². The molecule has 0 saturated heterocycles. The molecule has 2 rings (SSSR count). The van der Waals surface area contributed by atoms with Gasteiger partial charge in [-0.3, -0.25) is 0 Å². The van der Waals surface area contributed by atoms with Gasteiger partial charge in [0.2, 0.25) is 0 Å². The fourth-order valence-electron chi connectivity index (χ4n) is 2.54. The largest absolute Gasteiger partial charge is 0.394 e. The van der Waals surface area contributed by atoms with Crippen molar-refractivity contribution in [2.24, 2.45) is 0 Å². The maximum Gasteiger partial charge on any atom is 0.0832 e. The minimum atomic E-state index is -1.69. The van der Waals surface area contributed by atoms with E-state index in [1.807, 2.05) is 36.4 Å². The second kappa shape index (κ2) is 6.65. The average molecular weight is 304 g/mol. The van der Waals surface area contributed by atoms with Gasteiger partial charge >= 0.3 is 0 Å². The topological polar surface area (TPSA) is 29.5 Å². The predicted molar refractivity (Wildman–Crippen MR) is 89.8 cm³/mol. The van der Waals surface area contributed by atoms with Crippen LogP contribution in [0.4, 0.5) is 0 Å². The van der Waals surface area contributed by atoms with Gasteiger partial charge in [-0.25, -0.2) is 0 Å². The fraction of sp³-hybridized carbons (Fsp3) is 0.333. The number of hydrogen-bond donors (Lipinski definition) is 1. The molecule has 0 amide bonds. The molecule has 2 nitrogen and oxygen atoms in total. The molecule has 0 fully saturated rings. The first kappa shape index (κ1) is 16.1. The van der Waals surface area contributed by atoms with Crippen molar-refractivity contribution >= 4 is 10.3 Å². The van der Waals surface area contributed by atoms with Crippen LogP contribution in [0.3, 0.4) is 0 Å². The molecule has 0 aliphatic heterocycles. The summed E-state index contributed by atoms with van der Waals surface area (Å²) in [6.07, 6.45) is 0. The molecule has 21 heavy (non-hydrogen) atoms. The summed E-state index contributed by atoms with van der Waals surface area (Å²) < 4.78 is 6.27. The Balaban J connectivity index is 2.66. The Hall–Kier alpha value is -1.29. The highest BCUT2D eigenvalue weighted by Crippen LogP contribution is 2.71. The normalized spacial score (nSPS) is 13.1. The van der Waals surface area contributed by atoms with Crippen molar-refractivity contribution in [2.45, 2.75) is 35.3 Å². The second-order valence-electron chi connectivity index (χ2n) is 5.84. The van der Waals surface area contributed by atoms with Crippen molar-refractivity contribution in [2.75, 3.05) is 13.2 Å². The van der Waals surface area contributed by atoms with E-state index in [2.05, 4.69) is 45.0 Å². The first-order chi connectivity index (χ1) is 10.0. The number of rotatable bonds is 5. The number of aliphatic hydroxyl groups excluding tert-OH is 1. The van der Waals surface area contributed by atoms with Crippen LogP contribution in [0.1, 0.15) is 20.8 Å². The first-order valence-corrected chi connectivity index (χ1v) is 8.76. The molecule has 0 atom stereocenters. The summed E-state index contributed by atoms with van der Waals surface area (Å²) in [5, 5.41) is 9.28. The molecule has 2 aromatic carbocycles. The Kier molecular flexibility index (Phi) is 5.09. The number of hydrogen-bond acceptors (Lipinski definition) is 2.